The van der Waals surface area contributed by atoms with E-state index >= 15 is 0 Å². The maximum absolute atomic E-state index is 5.40. The molecule has 1 saturated carbocycles. The number of hydrazine groups is 1. The molecular formula is C10H18N6. The lowest BCUT2D eigenvalue weighted by Gasteiger charge is -2.16. The number of aromatic nitrogens is 2. The number of hydrogen-bond donors (Lipinski definition) is 3. The van der Waals surface area contributed by atoms with Crippen molar-refractivity contribution in [3.8, 4) is 0 Å². The van der Waals surface area contributed by atoms with Gasteiger partial charge in [0, 0.05) is 18.4 Å². The molecule has 1 aliphatic carbocycles. The monoisotopic (exact) mass is 222 g/mol. The standard InChI is InChI=1S/C10H18N6/c1-8(7-16-6-2-5-12-16)13-10(15-11)14-9-3-4-9/h2,5-6,8-9H,3-4,7,11H2,1H3,(H2,13,14,15). The van der Waals surface area contributed by atoms with E-state index in [1.165, 1.54) is 12.8 Å². The molecule has 0 amide bonds. The summed E-state index contributed by atoms with van der Waals surface area (Å²) in [4.78, 5) is 4.42. The van der Waals surface area contributed by atoms with Crippen LogP contribution in [0.25, 0.3) is 0 Å². The maximum atomic E-state index is 5.40. The molecule has 1 fully saturated rings. The molecule has 0 aliphatic heterocycles. The SMILES string of the molecule is CC(Cn1cccn1)NC(=NC1CC1)NN. The Labute approximate surface area is 94.9 Å². The molecule has 6 nitrogen and oxygen atoms in total. The van der Waals surface area contributed by atoms with Crippen molar-refractivity contribution in [2.75, 3.05) is 0 Å². The number of rotatable bonds is 4. The second-order valence-electron chi connectivity index (χ2n) is 4.13. The van der Waals surface area contributed by atoms with Gasteiger partial charge in [0.1, 0.15) is 0 Å². The van der Waals surface area contributed by atoms with E-state index in [-0.39, 0.29) is 6.04 Å². The Kier molecular flexibility index (Phi) is 3.40. The van der Waals surface area contributed by atoms with E-state index in [0.717, 1.165) is 6.54 Å². The average Bonchev–Trinajstić information content (AvgIpc) is 2.93. The zero-order chi connectivity index (χ0) is 11.4. The summed E-state index contributed by atoms with van der Waals surface area (Å²) in [7, 11) is 0. The molecule has 6 heteroatoms. The summed E-state index contributed by atoms with van der Waals surface area (Å²) in [6.07, 6.45) is 6.04. The van der Waals surface area contributed by atoms with Gasteiger partial charge in [-0.2, -0.15) is 5.10 Å². The predicted molar refractivity (Wildman–Crippen MR) is 62.6 cm³/mol. The molecule has 16 heavy (non-hydrogen) atoms. The predicted octanol–water partition coefficient (Wildman–Crippen LogP) is -0.157. The first-order chi connectivity index (χ1) is 7.78. The first-order valence-electron chi connectivity index (χ1n) is 5.56. The molecule has 4 N–H and O–H groups in total. The normalized spacial score (nSPS) is 18.2. The van der Waals surface area contributed by atoms with Crippen LogP contribution >= 0.6 is 0 Å². The number of hydrogen-bond acceptors (Lipinski definition) is 3. The minimum absolute atomic E-state index is 0.230. The number of nitrogens with one attached hydrogen (secondary N) is 2. The molecule has 0 bridgehead atoms. The Hall–Kier alpha value is -1.56. The second kappa shape index (κ2) is 4.98. The van der Waals surface area contributed by atoms with Gasteiger partial charge in [0.15, 0.2) is 0 Å². The van der Waals surface area contributed by atoms with E-state index in [1.54, 1.807) is 6.20 Å². The van der Waals surface area contributed by atoms with Crippen molar-refractivity contribution < 1.29 is 0 Å². The van der Waals surface area contributed by atoms with Gasteiger partial charge >= 0.3 is 0 Å². The van der Waals surface area contributed by atoms with E-state index in [0.29, 0.717) is 12.0 Å². The van der Waals surface area contributed by atoms with Gasteiger partial charge in [-0.1, -0.05) is 0 Å². The molecule has 1 aromatic rings. The smallest absolute Gasteiger partial charge is 0.206 e. The van der Waals surface area contributed by atoms with Crippen molar-refractivity contribution in [2.24, 2.45) is 10.8 Å². The summed E-state index contributed by atoms with van der Waals surface area (Å²) in [6.45, 7) is 2.86. The van der Waals surface area contributed by atoms with Crippen molar-refractivity contribution >= 4 is 5.96 Å². The van der Waals surface area contributed by atoms with Crippen molar-refractivity contribution in [3.63, 3.8) is 0 Å². The van der Waals surface area contributed by atoms with Gasteiger partial charge in [-0.3, -0.25) is 10.1 Å². The Balaban J connectivity index is 1.82. The Bertz CT molecular complexity index is 340. The van der Waals surface area contributed by atoms with Crippen LogP contribution < -0.4 is 16.6 Å². The number of nitrogens with zero attached hydrogens (tertiary/aromatic N) is 3. The highest BCUT2D eigenvalue weighted by molar-refractivity contribution is 5.79. The summed E-state index contributed by atoms with van der Waals surface area (Å²) >= 11 is 0. The van der Waals surface area contributed by atoms with E-state index in [4.69, 9.17) is 5.84 Å². The fourth-order valence-electron chi connectivity index (χ4n) is 1.47. The highest BCUT2D eigenvalue weighted by atomic mass is 15.4. The van der Waals surface area contributed by atoms with Gasteiger partial charge in [-0.05, 0) is 25.8 Å². The van der Waals surface area contributed by atoms with Crippen molar-refractivity contribution in [3.05, 3.63) is 18.5 Å². The van der Waals surface area contributed by atoms with Gasteiger partial charge in [-0.25, -0.2) is 10.8 Å². The Morgan fingerprint density at radius 1 is 1.69 bits per heavy atom. The molecule has 1 unspecified atom stereocenters. The third-order valence-electron chi connectivity index (χ3n) is 2.40. The van der Waals surface area contributed by atoms with Gasteiger partial charge in [0.25, 0.3) is 0 Å². The first kappa shape index (κ1) is 10.9. The van der Waals surface area contributed by atoms with Crippen LogP contribution in [0, 0.1) is 0 Å². The second-order valence-corrected chi connectivity index (χ2v) is 4.13. The summed E-state index contributed by atoms with van der Waals surface area (Å²) in [5.74, 6) is 6.07. The van der Waals surface area contributed by atoms with Crippen LogP contribution in [0.1, 0.15) is 19.8 Å². The van der Waals surface area contributed by atoms with E-state index in [1.807, 2.05) is 16.9 Å². The van der Waals surface area contributed by atoms with Crippen LogP contribution in [0.3, 0.4) is 0 Å². The van der Waals surface area contributed by atoms with Crippen molar-refractivity contribution in [1.29, 1.82) is 0 Å². The fraction of sp³-hybridized carbons (Fsp3) is 0.600. The highest BCUT2D eigenvalue weighted by Gasteiger charge is 2.21. The van der Waals surface area contributed by atoms with Crippen LogP contribution in [0.5, 0.6) is 0 Å². The van der Waals surface area contributed by atoms with Crippen molar-refractivity contribution in [2.45, 2.75) is 38.4 Å². The molecule has 1 aliphatic rings. The third-order valence-corrected chi connectivity index (χ3v) is 2.40. The summed E-state index contributed by atoms with van der Waals surface area (Å²) < 4.78 is 1.88. The molecule has 0 spiro atoms. The lowest BCUT2D eigenvalue weighted by molar-refractivity contribution is 0.500. The molecule has 0 radical (unpaired) electrons. The zero-order valence-electron chi connectivity index (χ0n) is 9.43. The number of nitrogens with two attached hydrogens (primary N) is 1. The molecule has 1 aromatic heterocycles. The van der Waals surface area contributed by atoms with Crippen LogP contribution in [0.2, 0.25) is 0 Å². The van der Waals surface area contributed by atoms with E-state index in [9.17, 15) is 0 Å². The van der Waals surface area contributed by atoms with Crippen LogP contribution in [-0.2, 0) is 6.54 Å². The van der Waals surface area contributed by atoms with Crippen molar-refractivity contribution in [1.82, 2.24) is 20.5 Å². The van der Waals surface area contributed by atoms with Gasteiger partial charge in [-0.15, -0.1) is 0 Å². The minimum Gasteiger partial charge on any atom is -0.351 e. The Morgan fingerprint density at radius 3 is 3.06 bits per heavy atom. The van der Waals surface area contributed by atoms with Gasteiger partial charge < -0.3 is 5.32 Å². The molecule has 0 aromatic carbocycles. The lowest BCUT2D eigenvalue weighted by atomic mass is 10.3. The molecule has 1 atom stereocenters. The fourth-order valence-corrected chi connectivity index (χ4v) is 1.47. The number of guanidine groups is 1. The molecule has 2 rings (SSSR count). The lowest BCUT2D eigenvalue weighted by Crippen LogP contribution is -2.47. The summed E-state index contributed by atoms with van der Waals surface area (Å²) in [6, 6.07) is 2.59. The van der Waals surface area contributed by atoms with E-state index < -0.39 is 0 Å². The topological polar surface area (TPSA) is 80.3 Å². The summed E-state index contributed by atoms with van der Waals surface area (Å²) in [5, 5.41) is 7.38. The van der Waals surface area contributed by atoms with E-state index in [2.05, 4.69) is 27.8 Å². The maximum Gasteiger partial charge on any atom is 0.206 e. The van der Waals surface area contributed by atoms with Gasteiger partial charge in [0.2, 0.25) is 5.96 Å². The third kappa shape index (κ3) is 3.23. The van der Waals surface area contributed by atoms with Gasteiger partial charge in [0.05, 0.1) is 12.6 Å². The van der Waals surface area contributed by atoms with Crippen LogP contribution in [-0.4, -0.2) is 27.8 Å². The quantitative estimate of drug-likeness (QED) is 0.286. The summed E-state index contributed by atoms with van der Waals surface area (Å²) in [5.41, 5.74) is 2.59. The Morgan fingerprint density at radius 2 is 2.50 bits per heavy atom. The highest BCUT2D eigenvalue weighted by Crippen LogP contribution is 2.23. The molecule has 1 heterocycles. The van der Waals surface area contributed by atoms with Crippen LogP contribution in [0.4, 0.5) is 0 Å². The molecule has 88 valence electrons. The average molecular weight is 222 g/mol. The zero-order valence-corrected chi connectivity index (χ0v) is 9.43. The first-order valence-corrected chi connectivity index (χ1v) is 5.56. The largest absolute Gasteiger partial charge is 0.351 e. The molecular weight excluding hydrogens is 204 g/mol. The number of aliphatic imine (C=N–C) groups is 1. The van der Waals surface area contributed by atoms with Crippen LogP contribution in [0.15, 0.2) is 23.5 Å². The molecule has 0 saturated heterocycles. The minimum atomic E-state index is 0.230.